The van der Waals surface area contributed by atoms with Crippen molar-refractivity contribution in [2.24, 2.45) is 0 Å². The first kappa shape index (κ1) is 11.0. The van der Waals surface area contributed by atoms with Crippen LogP contribution >= 0.6 is 0 Å². The van der Waals surface area contributed by atoms with E-state index in [1.54, 1.807) is 0 Å². The van der Waals surface area contributed by atoms with Crippen LogP contribution in [0.5, 0.6) is 0 Å². The lowest BCUT2D eigenvalue weighted by atomic mass is 10.1. The lowest BCUT2D eigenvalue weighted by Gasteiger charge is -2.26. The quantitative estimate of drug-likeness (QED) is 0.586. The highest BCUT2D eigenvalue weighted by Crippen LogP contribution is 2.04. The molecule has 0 bridgehead atoms. The van der Waals surface area contributed by atoms with Crippen molar-refractivity contribution in [1.29, 1.82) is 0 Å². The minimum Gasteiger partial charge on any atom is -0.379 e. The average molecular weight is 184 g/mol. The van der Waals surface area contributed by atoms with Crippen LogP contribution in [0.2, 0.25) is 0 Å². The van der Waals surface area contributed by atoms with Crippen molar-refractivity contribution in [2.75, 3.05) is 32.8 Å². The third kappa shape index (κ3) is 5.27. The topological polar surface area (TPSA) is 12.5 Å². The van der Waals surface area contributed by atoms with E-state index >= 15 is 0 Å². The Bertz CT molecular complexity index is 111. The molecule has 1 saturated heterocycles. The van der Waals surface area contributed by atoms with Crippen LogP contribution in [0.4, 0.5) is 0 Å². The van der Waals surface area contributed by atoms with Gasteiger partial charge < -0.3 is 4.74 Å². The van der Waals surface area contributed by atoms with Crippen LogP contribution in [0.25, 0.3) is 0 Å². The maximum atomic E-state index is 5.30. The molecule has 0 unspecified atom stereocenters. The SMILES string of the molecule is CC[CH]CCCCN1CCOCC1. The summed E-state index contributed by atoms with van der Waals surface area (Å²) in [6.45, 7) is 7.61. The molecule has 2 nitrogen and oxygen atoms in total. The molecule has 0 saturated carbocycles. The van der Waals surface area contributed by atoms with Gasteiger partial charge in [-0.3, -0.25) is 4.90 Å². The van der Waals surface area contributed by atoms with Gasteiger partial charge in [-0.1, -0.05) is 26.2 Å². The fraction of sp³-hybridized carbons (Fsp3) is 0.909. The molecule has 0 N–H and O–H groups in total. The van der Waals surface area contributed by atoms with Gasteiger partial charge in [0.25, 0.3) is 0 Å². The molecular weight excluding hydrogens is 162 g/mol. The highest BCUT2D eigenvalue weighted by Gasteiger charge is 2.08. The molecular formula is C11H22NO. The fourth-order valence-corrected chi connectivity index (χ4v) is 1.65. The minimum atomic E-state index is 0.932. The van der Waals surface area contributed by atoms with Crippen molar-refractivity contribution >= 4 is 0 Å². The van der Waals surface area contributed by atoms with Gasteiger partial charge in [0.15, 0.2) is 0 Å². The number of hydrogen-bond donors (Lipinski definition) is 0. The van der Waals surface area contributed by atoms with Crippen molar-refractivity contribution in [3.8, 4) is 0 Å². The van der Waals surface area contributed by atoms with Crippen LogP contribution in [0.1, 0.15) is 32.6 Å². The first-order valence-corrected chi connectivity index (χ1v) is 5.55. The molecule has 1 aliphatic heterocycles. The summed E-state index contributed by atoms with van der Waals surface area (Å²) < 4.78 is 5.30. The van der Waals surface area contributed by atoms with E-state index in [1.807, 2.05) is 0 Å². The van der Waals surface area contributed by atoms with Crippen LogP contribution < -0.4 is 0 Å². The van der Waals surface area contributed by atoms with E-state index < -0.39 is 0 Å². The maximum absolute atomic E-state index is 5.30. The molecule has 0 aromatic rings. The number of unbranched alkanes of at least 4 members (excludes halogenated alkanes) is 4. The lowest BCUT2D eigenvalue weighted by Crippen LogP contribution is -2.36. The van der Waals surface area contributed by atoms with Crippen LogP contribution in [0.15, 0.2) is 0 Å². The van der Waals surface area contributed by atoms with Crippen LogP contribution in [-0.4, -0.2) is 37.7 Å². The molecule has 1 radical (unpaired) electrons. The number of rotatable bonds is 6. The molecule has 2 heteroatoms. The summed E-state index contributed by atoms with van der Waals surface area (Å²) in [6, 6.07) is 0. The number of nitrogens with zero attached hydrogens (tertiary/aromatic N) is 1. The van der Waals surface area contributed by atoms with Crippen LogP contribution in [0.3, 0.4) is 0 Å². The van der Waals surface area contributed by atoms with Crippen molar-refractivity contribution in [3.63, 3.8) is 0 Å². The van der Waals surface area contributed by atoms with Gasteiger partial charge in [0.05, 0.1) is 13.2 Å². The van der Waals surface area contributed by atoms with Crippen molar-refractivity contribution in [2.45, 2.75) is 32.6 Å². The second kappa shape index (κ2) is 7.34. The van der Waals surface area contributed by atoms with Gasteiger partial charge in [-0.05, 0) is 19.4 Å². The van der Waals surface area contributed by atoms with Crippen molar-refractivity contribution in [3.05, 3.63) is 6.42 Å². The molecule has 77 valence electrons. The Morgan fingerprint density at radius 3 is 2.69 bits per heavy atom. The smallest absolute Gasteiger partial charge is 0.0594 e. The first-order valence-electron chi connectivity index (χ1n) is 5.55. The molecule has 0 aliphatic carbocycles. The summed E-state index contributed by atoms with van der Waals surface area (Å²) in [7, 11) is 0. The fourth-order valence-electron chi connectivity index (χ4n) is 1.65. The molecule has 1 heterocycles. The van der Waals surface area contributed by atoms with E-state index in [4.69, 9.17) is 4.74 Å². The second-order valence-electron chi connectivity index (χ2n) is 3.65. The normalized spacial score (nSPS) is 19.2. The van der Waals surface area contributed by atoms with Crippen molar-refractivity contribution < 1.29 is 4.74 Å². The number of ether oxygens (including phenoxy) is 1. The summed E-state index contributed by atoms with van der Waals surface area (Å²) >= 11 is 0. The predicted molar refractivity (Wildman–Crippen MR) is 55.7 cm³/mol. The molecule has 0 aromatic carbocycles. The van der Waals surface area contributed by atoms with Crippen LogP contribution in [0, 0.1) is 6.42 Å². The predicted octanol–water partition coefficient (Wildman–Crippen LogP) is 2.10. The zero-order valence-electron chi connectivity index (χ0n) is 8.80. The van der Waals surface area contributed by atoms with Crippen molar-refractivity contribution in [1.82, 2.24) is 4.90 Å². The Hall–Kier alpha value is -0.0800. The van der Waals surface area contributed by atoms with Gasteiger partial charge >= 0.3 is 0 Å². The Kier molecular flexibility index (Phi) is 6.21. The minimum absolute atomic E-state index is 0.932. The second-order valence-corrected chi connectivity index (χ2v) is 3.65. The Balaban J connectivity index is 1.86. The molecule has 13 heavy (non-hydrogen) atoms. The van der Waals surface area contributed by atoms with E-state index in [0.29, 0.717) is 0 Å². The van der Waals surface area contributed by atoms with E-state index in [2.05, 4.69) is 18.2 Å². The van der Waals surface area contributed by atoms with Gasteiger partial charge in [-0.25, -0.2) is 0 Å². The third-order valence-electron chi connectivity index (χ3n) is 2.52. The Labute approximate surface area is 82.3 Å². The molecule has 0 amide bonds. The summed E-state index contributed by atoms with van der Waals surface area (Å²) in [6.07, 6.45) is 7.58. The average Bonchev–Trinajstić information content (AvgIpc) is 2.19. The molecule has 0 spiro atoms. The zero-order valence-corrected chi connectivity index (χ0v) is 8.80. The summed E-state index contributed by atoms with van der Waals surface area (Å²) in [5, 5.41) is 0. The monoisotopic (exact) mass is 184 g/mol. The van der Waals surface area contributed by atoms with E-state index in [9.17, 15) is 0 Å². The summed E-state index contributed by atoms with van der Waals surface area (Å²) in [5.74, 6) is 0. The molecule has 1 rings (SSSR count). The van der Waals surface area contributed by atoms with E-state index in [1.165, 1.54) is 32.2 Å². The van der Waals surface area contributed by atoms with E-state index in [0.717, 1.165) is 26.3 Å². The first-order chi connectivity index (χ1) is 6.43. The Morgan fingerprint density at radius 2 is 2.00 bits per heavy atom. The molecule has 0 atom stereocenters. The molecule has 1 aliphatic rings. The number of hydrogen-bond acceptors (Lipinski definition) is 2. The van der Waals surface area contributed by atoms with Gasteiger partial charge in [0, 0.05) is 13.1 Å². The summed E-state index contributed by atoms with van der Waals surface area (Å²) in [4.78, 5) is 2.51. The molecule has 0 aromatic heterocycles. The highest BCUT2D eigenvalue weighted by molar-refractivity contribution is 4.64. The van der Waals surface area contributed by atoms with Gasteiger partial charge in [-0.2, -0.15) is 0 Å². The number of morpholine rings is 1. The van der Waals surface area contributed by atoms with Gasteiger partial charge in [0.2, 0.25) is 0 Å². The largest absolute Gasteiger partial charge is 0.379 e. The molecule has 1 fully saturated rings. The van der Waals surface area contributed by atoms with E-state index in [-0.39, 0.29) is 0 Å². The van der Waals surface area contributed by atoms with Gasteiger partial charge in [0.1, 0.15) is 0 Å². The van der Waals surface area contributed by atoms with Gasteiger partial charge in [-0.15, -0.1) is 0 Å². The standard InChI is InChI=1S/C11H22NO/c1-2-3-4-5-6-7-12-8-10-13-11-9-12/h3H,2,4-11H2,1H3. The lowest BCUT2D eigenvalue weighted by molar-refractivity contribution is 0.0372. The third-order valence-corrected chi connectivity index (χ3v) is 2.52. The Morgan fingerprint density at radius 1 is 1.23 bits per heavy atom. The summed E-state index contributed by atoms with van der Waals surface area (Å²) in [5.41, 5.74) is 0. The maximum Gasteiger partial charge on any atom is 0.0594 e. The van der Waals surface area contributed by atoms with Crippen LogP contribution in [-0.2, 0) is 4.74 Å². The zero-order chi connectivity index (χ0) is 9.36. The highest BCUT2D eigenvalue weighted by atomic mass is 16.5.